The Labute approximate surface area is 93.0 Å². The topological polar surface area (TPSA) is 111 Å². The number of nitrogen functional groups attached to an aromatic ring is 1. The number of carboxylic acid groups (broad SMARTS) is 1. The average Bonchev–Trinajstić information content (AvgIpc) is 2.18. The second-order valence-electron chi connectivity index (χ2n) is 2.93. The number of halogens is 3. The summed E-state index contributed by atoms with van der Waals surface area (Å²) in [6, 6.07) is 0. The zero-order valence-corrected chi connectivity index (χ0v) is 8.28. The minimum atomic E-state index is -5.06. The zero-order chi connectivity index (χ0) is 13.2. The van der Waals surface area contributed by atoms with Gasteiger partial charge in [-0.1, -0.05) is 0 Å². The van der Waals surface area contributed by atoms with Gasteiger partial charge in [-0.25, -0.2) is 9.78 Å². The fraction of sp³-hybridized carbons (Fsp3) is 0.250. The first kappa shape index (κ1) is 13.0. The number of alkyl halides is 3. The third-order valence-electron chi connectivity index (χ3n) is 1.80. The molecule has 9 heteroatoms. The third kappa shape index (κ3) is 2.97. The van der Waals surface area contributed by atoms with Crippen LogP contribution in [-0.2, 0) is 6.54 Å². The van der Waals surface area contributed by atoms with Crippen LogP contribution in [0.5, 0.6) is 5.75 Å². The highest BCUT2D eigenvalue weighted by Crippen LogP contribution is 2.33. The van der Waals surface area contributed by atoms with Gasteiger partial charge in [-0.2, -0.15) is 0 Å². The van der Waals surface area contributed by atoms with Gasteiger partial charge in [0.15, 0.2) is 11.4 Å². The minimum Gasteiger partial charge on any atom is -0.476 e. The lowest BCUT2D eigenvalue weighted by molar-refractivity contribution is -0.274. The van der Waals surface area contributed by atoms with Crippen LogP contribution >= 0.6 is 0 Å². The summed E-state index contributed by atoms with van der Waals surface area (Å²) in [4.78, 5) is 14.0. The Morgan fingerprint density at radius 3 is 2.53 bits per heavy atom. The molecule has 0 aromatic carbocycles. The van der Waals surface area contributed by atoms with Gasteiger partial charge in [0.1, 0.15) is 0 Å². The molecule has 0 amide bonds. The van der Waals surface area contributed by atoms with Gasteiger partial charge in [0.25, 0.3) is 0 Å². The largest absolute Gasteiger partial charge is 0.573 e. The average molecular weight is 251 g/mol. The molecular weight excluding hydrogens is 243 g/mol. The van der Waals surface area contributed by atoms with E-state index in [-0.39, 0.29) is 12.1 Å². The van der Waals surface area contributed by atoms with Crippen molar-refractivity contribution in [2.24, 2.45) is 5.73 Å². The van der Waals surface area contributed by atoms with E-state index in [9.17, 15) is 18.0 Å². The first-order valence-corrected chi connectivity index (χ1v) is 4.22. The van der Waals surface area contributed by atoms with E-state index in [0.29, 0.717) is 0 Å². The lowest BCUT2D eigenvalue weighted by Gasteiger charge is -2.14. The number of ether oxygens (including phenoxy) is 1. The molecule has 6 nitrogen and oxygen atoms in total. The molecule has 0 saturated carbocycles. The van der Waals surface area contributed by atoms with E-state index in [2.05, 4.69) is 9.72 Å². The molecule has 0 aliphatic rings. The quantitative estimate of drug-likeness (QED) is 0.729. The van der Waals surface area contributed by atoms with Crippen LogP contribution in [0.15, 0.2) is 6.20 Å². The van der Waals surface area contributed by atoms with Crippen molar-refractivity contribution in [1.82, 2.24) is 4.98 Å². The SMILES string of the molecule is NCc1cnc(C(=O)O)c(OC(F)(F)F)c1N. The molecule has 0 fully saturated rings. The number of aromatic carboxylic acids is 1. The van der Waals surface area contributed by atoms with E-state index in [4.69, 9.17) is 16.6 Å². The second-order valence-corrected chi connectivity index (χ2v) is 2.93. The summed E-state index contributed by atoms with van der Waals surface area (Å²) in [5.41, 5.74) is 9.19. The van der Waals surface area contributed by atoms with Gasteiger partial charge >= 0.3 is 12.3 Å². The summed E-state index contributed by atoms with van der Waals surface area (Å²) >= 11 is 0. The van der Waals surface area contributed by atoms with Crippen molar-refractivity contribution in [1.29, 1.82) is 0 Å². The van der Waals surface area contributed by atoms with Crippen LogP contribution in [0.4, 0.5) is 18.9 Å². The molecule has 0 bridgehead atoms. The smallest absolute Gasteiger partial charge is 0.476 e. The molecule has 1 heterocycles. The van der Waals surface area contributed by atoms with Gasteiger partial charge in [-0.15, -0.1) is 13.2 Å². The number of aromatic nitrogens is 1. The maximum Gasteiger partial charge on any atom is 0.573 e. The van der Waals surface area contributed by atoms with Crippen molar-refractivity contribution in [3.8, 4) is 5.75 Å². The Balaban J connectivity index is 3.35. The Kier molecular flexibility index (Phi) is 3.42. The van der Waals surface area contributed by atoms with Crippen LogP contribution in [0.25, 0.3) is 0 Å². The van der Waals surface area contributed by atoms with Crippen LogP contribution in [-0.4, -0.2) is 22.4 Å². The predicted octanol–water partition coefficient (Wildman–Crippen LogP) is 0.719. The molecule has 1 aromatic rings. The number of hydrogen-bond donors (Lipinski definition) is 3. The standard InChI is InChI=1S/C8H8F3N3O3/c9-8(10,11)17-6-4(13)3(1-12)2-14-5(6)7(15)16/h2H,1,12H2,(H2,13,14)(H,15,16). The normalized spacial score (nSPS) is 11.3. The molecule has 0 spiro atoms. The maximum absolute atomic E-state index is 12.1. The van der Waals surface area contributed by atoms with Gasteiger partial charge in [0.2, 0.25) is 0 Å². The Morgan fingerprint density at radius 1 is 1.53 bits per heavy atom. The third-order valence-corrected chi connectivity index (χ3v) is 1.80. The van der Waals surface area contributed by atoms with Gasteiger partial charge < -0.3 is 21.3 Å². The maximum atomic E-state index is 12.1. The number of pyridine rings is 1. The van der Waals surface area contributed by atoms with Gasteiger partial charge in [-0.3, -0.25) is 0 Å². The first-order chi connectivity index (χ1) is 7.76. The molecule has 1 aromatic heterocycles. The molecule has 0 saturated heterocycles. The molecule has 0 aliphatic carbocycles. The van der Waals surface area contributed by atoms with Crippen LogP contribution in [0.2, 0.25) is 0 Å². The Hall–Kier alpha value is -2.03. The Morgan fingerprint density at radius 2 is 2.12 bits per heavy atom. The first-order valence-electron chi connectivity index (χ1n) is 4.22. The highest BCUT2D eigenvalue weighted by atomic mass is 19.4. The molecule has 0 radical (unpaired) electrons. The highest BCUT2D eigenvalue weighted by molar-refractivity contribution is 5.91. The van der Waals surface area contributed by atoms with Crippen molar-refractivity contribution in [2.75, 3.05) is 5.73 Å². The highest BCUT2D eigenvalue weighted by Gasteiger charge is 2.35. The van der Waals surface area contributed by atoms with Crippen molar-refractivity contribution in [3.05, 3.63) is 17.5 Å². The fourth-order valence-corrected chi connectivity index (χ4v) is 1.08. The van der Waals surface area contributed by atoms with Crippen LogP contribution in [0.3, 0.4) is 0 Å². The van der Waals surface area contributed by atoms with Crippen LogP contribution < -0.4 is 16.2 Å². The van der Waals surface area contributed by atoms with Gasteiger partial charge in [0, 0.05) is 18.3 Å². The molecule has 0 aliphatic heterocycles. The number of rotatable bonds is 3. The van der Waals surface area contributed by atoms with Gasteiger partial charge in [-0.05, 0) is 0 Å². The van der Waals surface area contributed by atoms with E-state index >= 15 is 0 Å². The number of nitrogens with zero attached hydrogens (tertiary/aromatic N) is 1. The summed E-state index contributed by atoms with van der Waals surface area (Å²) in [6.45, 7) is -0.188. The predicted molar refractivity (Wildman–Crippen MR) is 50.2 cm³/mol. The van der Waals surface area contributed by atoms with E-state index in [1.54, 1.807) is 0 Å². The lowest BCUT2D eigenvalue weighted by Crippen LogP contribution is -2.21. The summed E-state index contributed by atoms with van der Waals surface area (Å²) in [7, 11) is 0. The Bertz CT molecular complexity index is 448. The summed E-state index contributed by atoms with van der Waals surface area (Å²) in [5, 5.41) is 8.65. The van der Waals surface area contributed by atoms with Crippen LogP contribution in [0.1, 0.15) is 16.1 Å². The van der Waals surface area contributed by atoms with Crippen molar-refractivity contribution >= 4 is 11.7 Å². The zero-order valence-electron chi connectivity index (χ0n) is 8.28. The molecule has 17 heavy (non-hydrogen) atoms. The fourth-order valence-electron chi connectivity index (χ4n) is 1.08. The number of carboxylic acids is 1. The van der Waals surface area contributed by atoms with Crippen LogP contribution in [0, 0.1) is 0 Å². The summed E-state index contributed by atoms with van der Waals surface area (Å²) in [6.07, 6.45) is -4.07. The number of anilines is 1. The van der Waals surface area contributed by atoms with E-state index in [1.165, 1.54) is 0 Å². The molecular formula is C8H8F3N3O3. The van der Waals surface area contributed by atoms with Crippen molar-refractivity contribution in [3.63, 3.8) is 0 Å². The van der Waals surface area contributed by atoms with E-state index in [0.717, 1.165) is 6.20 Å². The van der Waals surface area contributed by atoms with E-state index in [1.807, 2.05) is 0 Å². The molecule has 5 N–H and O–H groups in total. The second kappa shape index (κ2) is 4.45. The monoisotopic (exact) mass is 251 g/mol. The van der Waals surface area contributed by atoms with Gasteiger partial charge in [0.05, 0.1) is 5.69 Å². The number of carbonyl (C=O) groups is 1. The molecule has 0 unspecified atom stereocenters. The van der Waals surface area contributed by atoms with E-state index < -0.39 is 29.5 Å². The van der Waals surface area contributed by atoms with Crippen molar-refractivity contribution < 1.29 is 27.8 Å². The summed E-state index contributed by atoms with van der Waals surface area (Å²) in [5.74, 6) is -2.73. The number of nitrogens with two attached hydrogens (primary N) is 2. The number of hydrogen-bond acceptors (Lipinski definition) is 5. The molecule has 94 valence electrons. The molecule has 1 rings (SSSR count). The summed E-state index contributed by atoms with van der Waals surface area (Å²) < 4.78 is 39.8. The lowest BCUT2D eigenvalue weighted by atomic mass is 10.2. The molecule has 0 atom stereocenters. The van der Waals surface area contributed by atoms with Crippen molar-refractivity contribution in [2.45, 2.75) is 12.9 Å². The minimum absolute atomic E-state index is 0.0641.